The third kappa shape index (κ3) is 9.90. The van der Waals surface area contributed by atoms with E-state index in [9.17, 15) is 14.4 Å². The van der Waals surface area contributed by atoms with E-state index in [2.05, 4.69) is 34.5 Å². The Bertz CT molecular complexity index is 617. The fraction of sp³-hybridized carbons (Fsp3) is 0.885. The van der Waals surface area contributed by atoms with E-state index >= 15 is 0 Å². The van der Waals surface area contributed by atoms with Gasteiger partial charge in [0.2, 0.25) is 11.8 Å². The minimum Gasteiger partial charge on any atom is -0.469 e. The summed E-state index contributed by atoms with van der Waals surface area (Å²) in [6.07, 6.45) is 8.78. The van der Waals surface area contributed by atoms with Crippen molar-refractivity contribution in [2.75, 3.05) is 53.9 Å². The predicted molar refractivity (Wildman–Crippen MR) is 134 cm³/mol. The van der Waals surface area contributed by atoms with Gasteiger partial charge in [-0.2, -0.15) is 0 Å². The molecule has 8 nitrogen and oxygen atoms in total. The summed E-state index contributed by atoms with van der Waals surface area (Å²) in [7, 11) is 5.68. The van der Waals surface area contributed by atoms with E-state index < -0.39 is 5.92 Å². The predicted octanol–water partition coefficient (Wildman–Crippen LogP) is 2.28. The van der Waals surface area contributed by atoms with Crippen LogP contribution in [-0.2, 0) is 19.1 Å². The minimum absolute atomic E-state index is 0.00956. The van der Waals surface area contributed by atoms with Crippen LogP contribution in [0.1, 0.15) is 65.2 Å². The molecule has 0 radical (unpaired) electrons. The van der Waals surface area contributed by atoms with E-state index in [4.69, 9.17) is 4.74 Å². The van der Waals surface area contributed by atoms with E-state index in [-0.39, 0.29) is 36.3 Å². The molecule has 2 heterocycles. The normalized spacial score (nSPS) is 20.6. The standard InChI is InChI=1S/C26H48N4O4/c1-19(26(33)34-5)20(2)28-24(31)18-27-25(32)23(8-6-21-10-14-29(3)15-11-21)9-7-22-12-16-30(4)17-13-22/h19-23H,6-18H2,1-5H3,(H,27,32)(H,28,31). The zero-order valence-corrected chi connectivity index (χ0v) is 22.1. The van der Waals surface area contributed by atoms with Gasteiger partial charge in [-0.3, -0.25) is 14.4 Å². The molecular weight excluding hydrogens is 432 g/mol. The van der Waals surface area contributed by atoms with Crippen molar-refractivity contribution < 1.29 is 19.1 Å². The van der Waals surface area contributed by atoms with Crippen LogP contribution in [0, 0.1) is 23.7 Å². The maximum absolute atomic E-state index is 13.1. The van der Waals surface area contributed by atoms with Crippen molar-refractivity contribution in [3.8, 4) is 0 Å². The molecule has 34 heavy (non-hydrogen) atoms. The summed E-state index contributed by atoms with van der Waals surface area (Å²) in [6.45, 7) is 7.98. The number of amides is 2. The summed E-state index contributed by atoms with van der Waals surface area (Å²) in [5.74, 6) is 0.253. The number of carbonyl (C=O) groups is 3. The largest absolute Gasteiger partial charge is 0.469 e. The molecule has 0 saturated carbocycles. The second-order valence-corrected chi connectivity index (χ2v) is 10.7. The Kier molecular flexibility index (Phi) is 12.3. The molecule has 2 amide bonds. The molecule has 0 spiro atoms. The summed E-state index contributed by atoms with van der Waals surface area (Å²) < 4.78 is 4.74. The van der Waals surface area contributed by atoms with Crippen molar-refractivity contribution >= 4 is 17.8 Å². The van der Waals surface area contributed by atoms with Gasteiger partial charge in [-0.25, -0.2) is 0 Å². The van der Waals surface area contributed by atoms with Crippen LogP contribution in [-0.4, -0.2) is 87.6 Å². The van der Waals surface area contributed by atoms with Crippen LogP contribution in [0.5, 0.6) is 0 Å². The lowest BCUT2D eigenvalue weighted by Gasteiger charge is -2.31. The number of piperidine rings is 2. The fourth-order valence-corrected chi connectivity index (χ4v) is 5.11. The van der Waals surface area contributed by atoms with Gasteiger partial charge in [-0.05, 0) is 117 Å². The van der Waals surface area contributed by atoms with Gasteiger partial charge in [-0.15, -0.1) is 0 Å². The molecule has 2 fully saturated rings. The van der Waals surface area contributed by atoms with Gasteiger partial charge in [0.25, 0.3) is 0 Å². The van der Waals surface area contributed by atoms with Crippen molar-refractivity contribution in [1.82, 2.24) is 20.4 Å². The number of hydrogen-bond acceptors (Lipinski definition) is 6. The zero-order chi connectivity index (χ0) is 25.1. The molecule has 2 N–H and O–H groups in total. The first-order valence-corrected chi connectivity index (χ1v) is 13.2. The number of nitrogens with zero attached hydrogens (tertiary/aromatic N) is 2. The van der Waals surface area contributed by atoms with Crippen LogP contribution in [0.3, 0.4) is 0 Å². The summed E-state index contributed by atoms with van der Waals surface area (Å²) in [5.41, 5.74) is 0. The third-order valence-electron chi connectivity index (χ3n) is 8.03. The van der Waals surface area contributed by atoms with E-state index in [1.165, 1.54) is 32.8 Å². The SMILES string of the molecule is COC(=O)C(C)C(C)NC(=O)CNC(=O)C(CCC1CCN(C)CC1)CCC1CCN(C)CC1. The first-order chi connectivity index (χ1) is 16.2. The topological polar surface area (TPSA) is 91.0 Å². The molecule has 8 heteroatoms. The molecule has 196 valence electrons. The van der Waals surface area contributed by atoms with Gasteiger partial charge >= 0.3 is 5.97 Å². The molecule has 2 rings (SSSR count). The van der Waals surface area contributed by atoms with Crippen molar-refractivity contribution in [2.24, 2.45) is 23.7 Å². The van der Waals surface area contributed by atoms with Gasteiger partial charge in [0.1, 0.15) is 0 Å². The number of esters is 1. The highest BCUT2D eigenvalue weighted by Crippen LogP contribution is 2.28. The third-order valence-corrected chi connectivity index (χ3v) is 8.03. The fourth-order valence-electron chi connectivity index (χ4n) is 5.11. The van der Waals surface area contributed by atoms with Crippen molar-refractivity contribution in [3.63, 3.8) is 0 Å². The average Bonchev–Trinajstić information content (AvgIpc) is 2.83. The zero-order valence-electron chi connectivity index (χ0n) is 22.1. The maximum atomic E-state index is 13.1. The summed E-state index contributed by atoms with van der Waals surface area (Å²) in [6, 6.07) is -0.360. The lowest BCUT2D eigenvalue weighted by molar-refractivity contribution is -0.146. The van der Waals surface area contributed by atoms with Gasteiger partial charge in [0, 0.05) is 12.0 Å². The van der Waals surface area contributed by atoms with Crippen LogP contribution in [0.25, 0.3) is 0 Å². The Morgan fingerprint density at radius 3 is 1.79 bits per heavy atom. The highest BCUT2D eigenvalue weighted by Gasteiger charge is 2.26. The Hall–Kier alpha value is -1.67. The molecule has 2 atom stereocenters. The van der Waals surface area contributed by atoms with Crippen LogP contribution >= 0.6 is 0 Å². The summed E-state index contributed by atoms with van der Waals surface area (Å²) in [4.78, 5) is 41.9. The second kappa shape index (κ2) is 14.7. The first kappa shape index (κ1) is 28.6. The Balaban J connectivity index is 1.84. The summed E-state index contributed by atoms with van der Waals surface area (Å²) in [5, 5.41) is 5.68. The average molecular weight is 481 g/mol. The second-order valence-electron chi connectivity index (χ2n) is 10.7. The minimum atomic E-state index is -0.443. The molecule has 2 saturated heterocycles. The Morgan fingerprint density at radius 2 is 1.35 bits per heavy atom. The first-order valence-electron chi connectivity index (χ1n) is 13.2. The van der Waals surface area contributed by atoms with Gasteiger partial charge < -0.3 is 25.2 Å². The number of rotatable bonds is 12. The quantitative estimate of drug-likeness (QED) is 0.417. The highest BCUT2D eigenvalue weighted by molar-refractivity contribution is 5.86. The number of methoxy groups -OCH3 is 1. The number of hydrogen-bond donors (Lipinski definition) is 2. The maximum Gasteiger partial charge on any atom is 0.310 e. The van der Waals surface area contributed by atoms with Crippen molar-refractivity contribution in [2.45, 2.75) is 71.3 Å². The number of likely N-dealkylation sites (tertiary alicyclic amines) is 2. The van der Waals surface area contributed by atoms with E-state index in [1.54, 1.807) is 13.8 Å². The molecule has 2 aliphatic heterocycles. The van der Waals surface area contributed by atoms with Gasteiger partial charge in [0.05, 0.1) is 19.6 Å². The Morgan fingerprint density at radius 1 is 0.882 bits per heavy atom. The molecule has 0 aromatic heterocycles. The van der Waals surface area contributed by atoms with Crippen LogP contribution < -0.4 is 10.6 Å². The van der Waals surface area contributed by atoms with Crippen molar-refractivity contribution in [3.05, 3.63) is 0 Å². The highest BCUT2D eigenvalue weighted by atomic mass is 16.5. The Labute approximate surface area is 206 Å². The lowest BCUT2D eigenvalue weighted by Crippen LogP contribution is -2.46. The van der Waals surface area contributed by atoms with E-state index in [0.717, 1.165) is 51.9 Å². The van der Waals surface area contributed by atoms with Crippen LogP contribution in [0.4, 0.5) is 0 Å². The molecular formula is C26H48N4O4. The molecule has 2 aliphatic rings. The molecule has 0 aromatic carbocycles. The molecule has 0 aromatic rings. The van der Waals surface area contributed by atoms with E-state index in [1.807, 2.05) is 0 Å². The monoisotopic (exact) mass is 480 g/mol. The van der Waals surface area contributed by atoms with Gasteiger partial charge in [0.15, 0.2) is 0 Å². The number of nitrogens with one attached hydrogen (secondary N) is 2. The smallest absolute Gasteiger partial charge is 0.310 e. The summed E-state index contributed by atoms with van der Waals surface area (Å²) >= 11 is 0. The molecule has 2 unspecified atom stereocenters. The van der Waals surface area contributed by atoms with Crippen molar-refractivity contribution in [1.29, 1.82) is 0 Å². The van der Waals surface area contributed by atoms with Gasteiger partial charge in [-0.1, -0.05) is 0 Å². The molecule has 0 bridgehead atoms. The molecule has 0 aliphatic carbocycles. The number of ether oxygens (including phenoxy) is 1. The van der Waals surface area contributed by atoms with Crippen LogP contribution in [0.15, 0.2) is 0 Å². The lowest BCUT2D eigenvalue weighted by atomic mass is 9.84. The number of carbonyl (C=O) groups excluding carboxylic acids is 3. The van der Waals surface area contributed by atoms with Crippen LogP contribution in [0.2, 0.25) is 0 Å². The van der Waals surface area contributed by atoms with E-state index in [0.29, 0.717) is 11.8 Å².